The molecular weight excluding hydrogens is 354 g/mol. The van der Waals surface area contributed by atoms with Crippen LogP contribution in [0.15, 0.2) is 59.7 Å². The zero-order valence-electron chi connectivity index (χ0n) is 14.3. The zero-order chi connectivity index (χ0) is 18.8. The number of hydrogen-bond acceptors (Lipinski definition) is 4. The molecule has 0 saturated carbocycles. The van der Waals surface area contributed by atoms with Gasteiger partial charge in [0.25, 0.3) is 5.91 Å². The number of amides is 2. The summed E-state index contributed by atoms with van der Waals surface area (Å²) in [6, 6.07) is 15.6. The highest BCUT2D eigenvalue weighted by Gasteiger charge is 2.21. The molecule has 0 saturated heterocycles. The van der Waals surface area contributed by atoms with Crippen LogP contribution in [0.5, 0.6) is 0 Å². The highest BCUT2D eigenvalue weighted by molar-refractivity contribution is 6.30. The standard InChI is InChI=1S/C19H20ClN3O3/c1-2-26-19(25)22-17(12-14-6-4-3-5-7-14)18(24)23-21-13-15-8-10-16(20)11-9-15/h3-11,13,17H,2,12H2,1H3,(H,22,25)(H,23,24)/b21-13-/t17-/m0/s1. The normalized spacial score (nSPS) is 11.8. The first kappa shape index (κ1) is 19.5. The molecule has 0 aromatic heterocycles. The van der Waals surface area contributed by atoms with E-state index in [1.165, 1.54) is 6.21 Å². The lowest BCUT2D eigenvalue weighted by atomic mass is 10.1. The van der Waals surface area contributed by atoms with Gasteiger partial charge in [-0.1, -0.05) is 54.1 Å². The average Bonchev–Trinajstić information content (AvgIpc) is 2.64. The van der Waals surface area contributed by atoms with Crippen molar-refractivity contribution in [2.45, 2.75) is 19.4 Å². The fourth-order valence-corrected chi connectivity index (χ4v) is 2.30. The summed E-state index contributed by atoms with van der Waals surface area (Å²) in [5, 5.41) is 7.10. The predicted molar refractivity (Wildman–Crippen MR) is 101 cm³/mol. The quantitative estimate of drug-likeness (QED) is 0.578. The Morgan fingerprint density at radius 2 is 1.85 bits per heavy atom. The van der Waals surface area contributed by atoms with Crippen LogP contribution < -0.4 is 10.7 Å². The lowest BCUT2D eigenvalue weighted by molar-refractivity contribution is -0.123. The second kappa shape index (κ2) is 10.2. The van der Waals surface area contributed by atoms with Crippen LogP contribution >= 0.6 is 11.6 Å². The number of hydrazone groups is 1. The van der Waals surface area contributed by atoms with Crippen LogP contribution in [0.2, 0.25) is 5.02 Å². The van der Waals surface area contributed by atoms with Crippen molar-refractivity contribution < 1.29 is 14.3 Å². The second-order valence-electron chi connectivity index (χ2n) is 5.39. The molecule has 1 atom stereocenters. The van der Waals surface area contributed by atoms with Gasteiger partial charge in [-0.3, -0.25) is 4.79 Å². The van der Waals surface area contributed by atoms with Crippen LogP contribution in [0, 0.1) is 0 Å². The molecule has 0 aliphatic heterocycles. The van der Waals surface area contributed by atoms with E-state index in [2.05, 4.69) is 15.8 Å². The summed E-state index contributed by atoms with van der Waals surface area (Å²) in [5.74, 6) is -0.438. The van der Waals surface area contributed by atoms with Gasteiger partial charge in [0, 0.05) is 11.4 Å². The van der Waals surface area contributed by atoms with Gasteiger partial charge in [-0.05, 0) is 30.2 Å². The maximum atomic E-state index is 12.4. The highest BCUT2D eigenvalue weighted by Crippen LogP contribution is 2.08. The maximum absolute atomic E-state index is 12.4. The van der Waals surface area contributed by atoms with Crippen molar-refractivity contribution in [3.8, 4) is 0 Å². The molecule has 26 heavy (non-hydrogen) atoms. The second-order valence-corrected chi connectivity index (χ2v) is 5.83. The molecule has 7 heteroatoms. The van der Waals surface area contributed by atoms with Crippen LogP contribution in [0.4, 0.5) is 4.79 Å². The molecule has 0 heterocycles. The molecule has 2 amide bonds. The number of nitrogens with zero attached hydrogens (tertiary/aromatic N) is 1. The van der Waals surface area contributed by atoms with Crippen LogP contribution in [0.25, 0.3) is 0 Å². The Bertz CT molecular complexity index is 748. The first-order chi connectivity index (χ1) is 12.6. The minimum atomic E-state index is -0.807. The molecule has 2 aromatic rings. The number of rotatable bonds is 7. The Morgan fingerprint density at radius 3 is 2.50 bits per heavy atom. The molecule has 0 fully saturated rings. The third kappa shape index (κ3) is 6.57. The van der Waals surface area contributed by atoms with Gasteiger partial charge in [-0.25, -0.2) is 10.2 Å². The van der Waals surface area contributed by atoms with E-state index in [0.29, 0.717) is 11.4 Å². The first-order valence-corrected chi connectivity index (χ1v) is 8.52. The van der Waals surface area contributed by atoms with Gasteiger partial charge in [0.05, 0.1) is 12.8 Å². The molecule has 2 N–H and O–H groups in total. The van der Waals surface area contributed by atoms with Crippen LogP contribution in [-0.4, -0.2) is 30.9 Å². The number of ether oxygens (including phenoxy) is 1. The predicted octanol–water partition coefficient (Wildman–Crippen LogP) is 3.15. The van der Waals surface area contributed by atoms with Crippen molar-refractivity contribution in [3.63, 3.8) is 0 Å². The maximum Gasteiger partial charge on any atom is 0.407 e. The largest absolute Gasteiger partial charge is 0.450 e. The summed E-state index contributed by atoms with van der Waals surface area (Å²) in [6.07, 6.45) is 1.17. The molecule has 0 aliphatic rings. The molecule has 0 spiro atoms. The number of carbonyl (C=O) groups is 2. The lowest BCUT2D eigenvalue weighted by Crippen LogP contribution is -2.47. The van der Waals surface area contributed by atoms with Crippen molar-refractivity contribution in [1.82, 2.24) is 10.7 Å². The summed E-state index contributed by atoms with van der Waals surface area (Å²) in [6.45, 7) is 1.92. The number of benzene rings is 2. The zero-order valence-corrected chi connectivity index (χ0v) is 15.1. The van der Waals surface area contributed by atoms with E-state index in [0.717, 1.165) is 11.1 Å². The average molecular weight is 374 g/mol. The van der Waals surface area contributed by atoms with Gasteiger partial charge >= 0.3 is 6.09 Å². The summed E-state index contributed by atoms with van der Waals surface area (Å²) < 4.78 is 4.86. The molecule has 2 aromatic carbocycles. The van der Waals surface area contributed by atoms with Crippen molar-refractivity contribution in [2.24, 2.45) is 5.10 Å². The Balaban J connectivity index is 2.01. The fourth-order valence-electron chi connectivity index (χ4n) is 2.17. The summed E-state index contributed by atoms with van der Waals surface area (Å²) in [7, 11) is 0. The van der Waals surface area contributed by atoms with Crippen LogP contribution in [-0.2, 0) is 16.0 Å². The summed E-state index contributed by atoms with van der Waals surface area (Å²) in [5.41, 5.74) is 4.13. The Kier molecular flexibility index (Phi) is 7.64. The van der Waals surface area contributed by atoms with Crippen LogP contribution in [0.3, 0.4) is 0 Å². The van der Waals surface area contributed by atoms with Crippen molar-refractivity contribution in [2.75, 3.05) is 6.61 Å². The molecule has 136 valence electrons. The number of carbonyl (C=O) groups excluding carboxylic acids is 2. The molecular formula is C19H20ClN3O3. The monoisotopic (exact) mass is 373 g/mol. The summed E-state index contributed by atoms with van der Waals surface area (Å²) in [4.78, 5) is 24.1. The van der Waals surface area contributed by atoms with E-state index < -0.39 is 18.0 Å². The van der Waals surface area contributed by atoms with Crippen molar-refractivity contribution in [3.05, 3.63) is 70.7 Å². The van der Waals surface area contributed by atoms with E-state index in [4.69, 9.17) is 16.3 Å². The Hall–Kier alpha value is -2.86. The number of nitrogens with one attached hydrogen (secondary N) is 2. The number of alkyl carbamates (subject to hydrolysis) is 1. The molecule has 0 bridgehead atoms. The minimum Gasteiger partial charge on any atom is -0.450 e. The van der Waals surface area contributed by atoms with Gasteiger partial charge in [0.1, 0.15) is 6.04 Å². The van der Waals surface area contributed by atoms with Crippen molar-refractivity contribution in [1.29, 1.82) is 0 Å². The van der Waals surface area contributed by atoms with Gasteiger partial charge in [-0.15, -0.1) is 0 Å². The topological polar surface area (TPSA) is 79.8 Å². The molecule has 0 unspecified atom stereocenters. The van der Waals surface area contributed by atoms with Gasteiger partial charge < -0.3 is 10.1 Å². The smallest absolute Gasteiger partial charge is 0.407 e. The van der Waals surface area contributed by atoms with E-state index in [1.54, 1.807) is 31.2 Å². The van der Waals surface area contributed by atoms with Gasteiger partial charge in [0.15, 0.2) is 0 Å². The molecule has 0 radical (unpaired) electrons. The van der Waals surface area contributed by atoms with Crippen molar-refractivity contribution >= 4 is 29.8 Å². The van der Waals surface area contributed by atoms with E-state index in [9.17, 15) is 9.59 Å². The number of halogens is 1. The highest BCUT2D eigenvalue weighted by atomic mass is 35.5. The van der Waals surface area contributed by atoms with Crippen LogP contribution in [0.1, 0.15) is 18.1 Å². The van der Waals surface area contributed by atoms with E-state index in [-0.39, 0.29) is 6.61 Å². The fraction of sp³-hybridized carbons (Fsp3) is 0.211. The van der Waals surface area contributed by atoms with Gasteiger partial charge in [-0.2, -0.15) is 5.10 Å². The third-order valence-corrected chi connectivity index (χ3v) is 3.68. The summed E-state index contributed by atoms with van der Waals surface area (Å²) >= 11 is 5.82. The third-order valence-electron chi connectivity index (χ3n) is 3.43. The van der Waals surface area contributed by atoms with Gasteiger partial charge in [0.2, 0.25) is 0 Å². The Labute approximate surface area is 157 Å². The minimum absolute atomic E-state index is 0.222. The van der Waals surface area contributed by atoms with E-state index >= 15 is 0 Å². The molecule has 2 rings (SSSR count). The molecule has 0 aliphatic carbocycles. The SMILES string of the molecule is CCOC(=O)N[C@@H](Cc1ccccc1)C(=O)N/N=C\c1ccc(Cl)cc1. The molecule has 6 nitrogen and oxygen atoms in total. The lowest BCUT2D eigenvalue weighted by Gasteiger charge is -2.16. The first-order valence-electron chi connectivity index (χ1n) is 8.14. The van der Waals surface area contributed by atoms with E-state index in [1.807, 2.05) is 30.3 Å². The number of hydrogen-bond donors (Lipinski definition) is 2. The Morgan fingerprint density at radius 1 is 1.15 bits per heavy atom.